The fourth-order valence-electron chi connectivity index (χ4n) is 3.06. The van der Waals surface area contributed by atoms with Gasteiger partial charge in [-0.25, -0.2) is 0 Å². The van der Waals surface area contributed by atoms with Crippen LogP contribution in [0.4, 0.5) is 0 Å². The molecule has 4 heteroatoms. The number of carbonyl (C=O) groups is 1. The number of ether oxygens (including phenoxy) is 1. The van der Waals surface area contributed by atoms with Crippen LogP contribution in [0.2, 0.25) is 0 Å². The predicted molar refractivity (Wildman–Crippen MR) is 71.0 cm³/mol. The molecular formula is C15H19NO3. The average Bonchev–Trinajstić information content (AvgIpc) is 2.90. The first kappa shape index (κ1) is 12.6. The molecule has 1 N–H and O–H groups in total. The van der Waals surface area contributed by atoms with Crippen LogP contribution >= 0.6 is 0 Å². The van der Waals surface area contributed by atoms with Crippen LogP contribution in [-0.4, -0.2) is 41.3 Å². The quantitative estimate of drug-likeness (QED) is 0.899. The molecule has 102 valence electrons. The van der Waals surface area contributed by atoms with Gasteiger partial charge in [0.15, 0.2) is 0 Å². The largest absolute Gasteiger partial charge is 0.480 e. The number of aliphatic carboxylic acids is 1. The molecule has 1 fully saturated rings. The van der Waals surface area contributed by atoms with Gasteiger partial charge in [-0.15, -0.1) is 0 Å². The first-order chi connectivity index (χ1) is 9.24. The van der Waals surface area contributed by atoms with Crippen molar-refractivity contribution in [3.63, 3.8) is 0 Å². The zero-order valence-corrected chi connectivity index (χ0v) is 10.9. The maximum Gasteiger partial charge on any atom is 0.321 e. The van der Waals surface area contributed by atoms with Crippen LogP contribution in [0.1, 0.15) is 24.0 Å². The lowest BCUT2D eigenvalue weighted by Gasteiger charge is -2.35. The lowest BCUT2D eigenvalue weighted by molar-refractivity contribution is -0.144. The van der Waals surface area contributed by atoms with Crippen molar-refractivity contribution in [3.05, 3.63) is 35.4 Å². The number of hydrogen-bond acceptors (Lipinski definition) is 3. The Morgan fingerprint density at radius 2 is 2.16 bits per heavy atom. The van der Waals surface area contributed by atoms with Crippen molar-refractivity contribution in [2.75, 3.05) is 13.2 Å². The highest BCUT2D eigenvalue weighted by atomic mass is 16.5. The zero-order valence-electron chi connectivity index (χ0n) is 10.9. The van der Waals surface area contributed by atoms with E-state index in [1.165, 1.54) is 11.1 Å². The Hall–Kier alpha value is -1.39. The molecule has 0 amide bonds. The maximum atomic E-state index is 11.5. The Bertz CT molecular complexity index is 468. The van der Waals surface area contributed by atoms with Crippen LogP contribution in [0.15, 0.2) is 24.3 Å². The summed E-state index contributed by atoms with van der Waals surface area (Å²) in [7, 11) is 0. The number of hydrogen-bond donors (Lipinski definition) is 1. The molecular weight excluding hydrogens is 242 g/mol. The summed E-state index contributed by atoms with van der Waals surface area (Å²) in [6, 6.07) is 7.71. The van der Waals surface area contributed by atoms with Gasteiger partial charge in [-0.2, -0.15) is 0 Å². The minimum atomic E-state index is -0.729. The topological polar surface area (TPSA) is 49.8 Å². The Kier molecular flexibility index (Phi) is 3.53. The number of rotatable bonds is 3. The number of carboxylic acids is 1. The Morgan fingerprint density at radius 1 is 1.37 bits per heavy atom. The van der Waals surface area contributed by atoms with Crippen molar-refractivity contribution in [2.24, 2.45) is 0 Å². The molecule has 4 nitrogen and oxygen atoms in total. The second-order valence-corrected chi connectivity index (χ2v) is 5.39. The van der Waals surface area contributed by atoms with Gasteiger partial charge in [0.05, 0.1) is 6.10 Å². The summed E-state index contributed by atoms with van der Waals surface area (Å²) in [5.74, 6) is -0.729. The van der Waals surface area contributed by atoms with E-state index in [2.05, 4.69) is 11.0 Å². The fraction of sp³-hybridized carbons (Fsp3) is 0.533. The molecule has 0 spiro atoms. The van der Waals surface area contributed by atoms with E-state index in [4.69, 9.17) is 4.74 Å². The summed E-state index contributed by atoms with van der Waals surface area (Å²) in [5.41, 5.74) is 2.41. The summed E-state index contributed by atoms with van der Waals surface area (Å²) in [6.07, 6.45) is 2.93. The van der Waals surface area contributed by atoms with Crippen LogP contribution in [0.25, 0.3) is 0 Å². The molecule has 0 aromatic heterocycles. The molecule has 1 aromatic rings. The molecule has 2 aliphatic rings. The molecule has 2 heterocycles. The van der Waals surface area contributed by atoms with Crippen molar-refractivity contribution < 1.29 is 14.6 Å². The molecule has 2 unspecified atom stereocenters. The fourth-order valence-corrected chi connectivity index (χ4v) is 3.06. The van der Waals surface area contributed by atoms with Crippen molar-refractivity contribution in [1.29, 1.82) is 0 Å². The molecule has 0 radical (unpaired) electrons. The van der Waals surface area contributed by atoms with Gasteiger partial charge in [-0.1, -0.05) is 24.3 Å². The number of benzene rings is 1. The van der Waals surface area contributed by atoms with Crippen molar-refractivity contribution in [3.8, 4) is 0 Å². The number of fused-ring (bicyclic) bond motifs is 1. The normalized spacial score (nSPS) is 27.2. The summed E-state index contributed by atoms with van der Waals surface area (Å²) in [5, 5.41) is 9.43. The molecule has 19 heavy (non-hydrogen) atoms. The van der Waals surface area contributed by atoms with Gasteiger partial charge in [-0.3, -0.25) is 9.69 Å². The summed E-state index contributed by atoms with van der Waals surface area (Å²) in [4.78, 5) is 13.5. The third kappa shape index (κ3) is 2.65. The molecule has 3 rings (SSSR count). The highest BCUT2D eigenvalue weighted by Gasteiger charge is 2.33. The first-order valence-corrected chi connectivity index (χ1v) is 6.89. The highest BCUT2D eigenvalue weighted by molar-refractivity contribution is 5.74. The molecule has 0 aliphatic carbocycles. The van der Waals surface area contributed by atoms with Gasteiger partial charge in [0.1, 0.15) is 6.04 Å². The number of carboxylic acid groups (broad SMARTS) is 1. The van der Waals surface area contributed by atoms with E-state index in [0.717, 1.165) is 26.0 Å². The van der Waals surface area contributed by atoms with Crippen LogP contribution in [0.5, 0.6) is 0 Å². The first-order valence-electron chi connectivity index (χ1n) is 6.89. The monoisotopic (exact) mass is 261 g/mol. The van der Waals surface area contributed by atoms with Crippen LogP contribution in [0, 0.1) is 0 Å². The third-order valence-corrected chi connectivity index (χ3v) is 4.09. The van der Waals surface area contributed by atoms with Crippen LogP contribution in [-0.2, 0) is 22.5 Å². The van der Waals surface area contributed by atoms with Crippen molar-refractivity contribution >= 4 is 5.97 Å². The Morgan fingerprint density at radius 3 is 2.84 bits per heavy atom. The lowest BCUT2D eigenvalue weighted by atomic mass is 9.93. The smallest absolute Gasteiger partial charge is 0.321 e. The van der Waals surface area contributed by atoms with E-state index >= 15 is 0 Å². The third-order valence-electron chi connectivity index (χ3n) is 4.09. The van der Waals surface area contributed by atoms with Gasteiger partial charge in [-0.05, 0) is 30.4 Å². The molecule has 0 bridgehead atoms. The van der Waals surface area contributed by atoms with E-state index < -0.39 is 12.0 Å². The van der Waals surface area contributed by atoms with Gasteiger partial charge in [0.25, 0.3) is 0 Å². The van der Waals surface area contributed by atoms with Gasteiger partial charge in [0.2, 0.25) is 0 Å². The van der Waals surface area contributed by atoms with E-state index in [1.807, 2.05) is 18.2 Å². The van der Waals surface area contributed by atoms with E-state index in [1.54, 1.807) is 0 Å². The molecule has 2 atom stereocenters. The SMILES string of the molecule is O=C(O)C1Cc2ccccc2CN1CC1CCCO1. The molecule has 1 saturated heterocycles. The minimum absolute atomic E-state index is 0.201. The van der Waals surface area contributed by atoms with E-state index in [-0.39, 0.29) is 6.10 Å². The minimum Gasteiger partial charge on any atom is -0.480 e. The maximum absolute atomic E-state index is 11.5. The standard InChI is InChI=1S/C15H19NO3/c17-15(18)14-8-11-4-1-2-5-12(11)9-16(14)10-13-6-3-7-19-13/h1-2,4-5,13-14H,3,6-10H2,(H,17,18). The molecule has 1 aromatic carbocycles. The van der Waals surface area contributed by atoms with Gasteiger partial charge in [0, 0.05) is 19.7 Å². The average molecular weight is 261 g/mol. The van der Waals surface area contributed by atoms with Crippen molar-refractivity contribution in [2.45, 2.75) is 38.0 Å². The Labute approximate surface area is 113 Å². The van der Waals surface area contributed by atoms with Crippen LogP contribution < -0.4 is 0 Å². The summed E-state index contributed by atoms with van der Waals surface area (Å²) < 4.78 is 5.64. The predicted octanol–water partition coefficient (Wildman–Crippen LogP) is 1.68. The summed E-state index contributed by atoms with van der Waals surface area (Å²) >= 11 is 0. The lowest BCUT2D eigenvalue weighted by Crippen LogP contribution is -2.48. The van der Waals surface area contributed by atoms with Gasteiger partial charge < -0.3 is 9.84 Å². The summed E-state index contributed by atoms with van der Waals surface area (Å²) in [6.45, 7) is 2.26. The Balaban J connectivity index is 1.79. The van der Waals surface area contributed by atoms with E-state index in [0.29, 0.717) is 13.0 Å². The second kappa shape index (κ2) is 5.31. The molecule has 0 saturated carbocycles. The van der Waals surface area contributed by atoms with Crippen molar-refractivity contribution in [1.82, 2.24) is 4.90 Å². The van der Waals surface area contributed by atoms with Crippen LogP contribution in [0.3, 0.4) is 0 Å². The van der Waals surface area contributed by atoms with Gasteiger partial charge >= 0.3 is 5.97 Å². The second-order valence-electron chi connectivity index (χ2n) is 5.39. The van der Waals surface area contributed by atoms with E-state index in [9.17, 15) is 9.90 Å². The molecule has 2 aliphatic heterocycles. The number of nitrogens with zero attached hydrogens (tertiary/aromatic N) is 1. The highest BCUT2D eigenvalue weighted by Crippen LogP contribution is 2.25. The zero-order chi connectivity index (χ0) is 13.2.